The SMILES string of the molecule is CCOC(=O)CC1CCCCC1n1nc(-c2c(-c3ccccc3)nn3ccccc23)ccc1=O. The molecule has 3 aromatic heterocycles. The zero-order chi connectivity index (χ0) is 23.5. The van der Waals surface area contributed by atoms with Crippen LogP contribution in [-0.2, 0) is 9.53 Å². The molecule has 1 saturated carbocycles. The van der Waals surface area contributed by atoms with E-state index in [1.54, 1.807) is 16.8 Å². The molecule has 7 heteroatoms. The molecule has 1 aromatic carbocycles. The molecule has 7 nitrogen and oxygen atoms in total. The summed E-state index contributed by atoms with van der Waals surface area (Å²) in [5.41, 5.74) is 4.15. The van der Waals surface area contributed by atoms with E-state index in [1.807, 2.05) is 66.2 Å². The van der Waals surface area contributed by atoms with Crippen LogP contribution < -0.4 is 5.56 Å². The van der Waals surface area contributed by atoms with Gasteiger partial charge in [0.25, 0.3) is 5.56 Å². The molecule has 0 aliphatic heterocycles. The van der Waals surface area contributed by atoms with Gasteiger partial charge < -0.3 is 4.74 Å². The molecule has 1 aliphatic carbocycles. The van der Waals surface area contributed by atoms with E-state index in [2.05, 4.69) is 0 Å². The lowest BCUT2D eigenvalue weighted by atomic mass is 9.82. The van der Waals surface area contributed by atoms with E-state index in [0.29, 0.717) is 18.7 Å². The van der Waals surface area contributed by atoms with Gasteiger partial charge in [0, 0.05) is 17.8 Å². The number of aromatic nitrogens is 4. The van der Waals surface area contributed by atoms with Gasteiger partial charge in [0.15, 0.2) is 0 Å². The van der Waals surface area contributed by atoms with E-state index in [4.69, 9.17) is 14.9 Å². The second-order valence-electron chi connectivity index (χ2n) is 8.74. The van der Waals surface area contributed by atoms with E-state index in [0.717, 1.165) is 48.0 Å². The minimum atomic E-state index is -0.211. The third-order valence-corrected chi connectivity index (χ3v) is 6.59. The molecule has 3 heterocycles. The van der Waals surface area contributed by atoms with Crippen LogP contribution in [-0.4, -0.2) is 32.0 Å². The first-order valence-electron chi connectivity index (χ1n) is 11.9. The van der Waals surface area contributed by atoms with Gasteiger partial charge in [0.05, 0.1) is 35.8 Å². The van der Waals surface area contributed by atoms with Gasteiger partial charge in [0.1, 0.15) is 5.69 Å². The minimum absolute atomic E-state index is 0.0331. The molecule has 0 saturated heterocycles. The van der Waals surface area contributed by atoms with Crippen molar-refractivity contribution in [3.8, 4) is 22.5 Å². The van der Waals surface area contributed by atoms with E-state index in [1.165, 1.54) is 0 Å². The highest BCUT2D eigenvalue weighted by Crippen LogP contribution is 2.37. The van der Waals surface area contributed by atoms with Gasteiger partial charge in [-0.2, -0.15) is 10.2 Å². The average molecular weight is 457 g/mol. The van der Waals surface area contributed by atoms with Crippen molar-refractivity contribution in [2.75, 3.05) is 6.61 Å². The van der Waals surface area contributed by atoms with Gasteiger partial charge in [0.2, 0.25) is 0 Å². The molecule has 2 atom stereocenters. The first kappa shape index (κ1) is 22.1. The molecule has 1 fully saturated rings. The van der Waals surface area contributed by atoms with Crippen LogP contribution in [0.2, 0.25) is 0 Å². The number of esters is 1. The summed E-state index contributed by atoms with van der Waals surface area (Å²) in [6.07, 6.45) is 5.98. The molecule has 0 amide bonds. The van der Waals surface area contributed by atoms with Crippen molar-refractivity contribution in [1.29, 1.82) is 0 Å². The summed E-state index contributed by atoms with van der Waals surface area (Å²) in [5, 5.41) is 9.70. The lowest BCUT2D eigenvalue weighted by Crippen LogP contribution is -2.34. The number of carbonyl (C=O) groups excluding carboxylic acids is 1. The van der Waals surface area contributed by atoms with E-state index >= 15 is 0 Å². The maximum absolute atomic E-state index is 13.0. The lowest BCUT2D eigenvalue weighted by Gasteiger charge is -2.31. The molecule has 4 aromatic rings. The maximum atomic E-state index is 13.0. The fraction of sp³-hybridized carbons (Fsp3) is 0.333. The van der Waals surface area contributed by atoms with Gasteiger partial charge in [-0.15, -0.1) is 0 Å². The average Bonchev–Trinajstić information content (AvgIpc) is 3.25. The summed E-state index contributed by atoms with van der Waals surface area (Å²) in [6.45, 7) is 2.17. The second-order valence-corrected chi connectivity index (χ2v) is 8.74. The standard InChI is InChI=1S/C27H28N4O3/c1-2-34-25(33)18-20-12-6-7-13-22(20)31-24(32)16-15-21(28-31)26-23-14-8-9-17-30(23)29-27(26)19-10-4-3-5-11-19/h3-5,8-11,14-17,20,22H,2,6-7,12-13,18H2,1H3. The number of nitrogens with zero attached hydrogens (tertiary/aromatic N) is 4. The number of ether oxygens (including phenoxy) is 1. The smallest absolute Gasteiger partial charge is 0.306 e. The molecule has 1 aliphatic rings. The number of hydrogen-bond donors (Lipinski definition) is 0. The number of rotatable bonds is 6. The van der Waals surface area contributed by atoms with Crippen LogP contribution in [0.4, 0.5) is 0 Å². The first-order valence-corrected chi connectivity index (χ1v) is 11.9. The first-order chi connectivity index (χ1) is 16.7. The second kappa shape index (κ2) is 9.63. The third-order valence-electron chi connectivity index (χ3n) is 6.59. The Hall–Kier alpha value is -3.74. The van der Waals surface area contributed by atoms with Crippen LogP contribution in [0.3, 0.4) is 0 Å². The number of pyridine rings is 1. The fourth-order valence-electron chi connectivity index (χ4n) is 5.03. The summed E-state index contributed by atoms with van der Waals surface area (Å²) in [4.78, 5) is 25.2. The molecule has 2 unspecified atom stereocenters. The fourth-order valence-corrected chi connectivity index (χ4v) is 5.03. The Labute approximate surface area is 198 Å². The normalized spacial score (nSPS) is 18.1. The molecular formula is C27H28N4O3. The quantitative estimate of drug-likeness (QED) is 0.385. The summed E-state index contributed by atoms with van der Waals surface area (Å²) in [6, 6.07) is 19.1. The monoisotopic (exact) mass is 456 g/mol. The van der Waals surface area contributed by atoms with E-state index in [9.17, 15) is 9.59 Å². The Kier molecular flexibility index (Phi) is 6.25. The number of hydrogen-bond acceptors (Lipinski definition) is 5. The van der Waals surface area contributed by atoms with Crippen molar-refractivity contribution in [2.24, 2.45) is 5.92 Å². The van der Waals surface area contributed by atoms with Crippen LogP contribution in [0.1, 0.15) is 45.1 Å². The highest BCUT2D eigenvalue weighted by Gasteiger charge is 2.31. The Morgan fingerprint density at radius 1 is 1.00 bits per heavy atom. The van der Waals surface area contributed by atoms with Gasteiger partial charge in [-0.3, -0.25) is 9.59 Å². The van der Waals surface area contributed by atoms with Crippen LogP contribution in [0.5, 0.6) is 0 Å². The predicted octanol–water partition coefficient (Wildman–Crippen LogP) is 4.91. The summed E-state index contributed by atoms with van der Waals surface area (Å²) in [7, 11) is 0. The Balaban J connectivity index is 1.61. The van der Waals surface area contributed by atoms with Crippen LogP contribution >= 0.6 is 0 Å². The molecule has 0 spiro atoms. The topological polar surface area (TPSA) is 78.5 Å². The molecule has 5 rings (SSSR count). The molecular weight excluding hydrogens is 428 g/mol. The Bertz CT molecular complexity index is 1360. The summed E-state index contributed by atoms with van der Waals surface area (Å²) < 4.78 is 8.64. The predicted molar refractivity (Wildman–Crippen MR) is 130 cm³/mol. The zero-order valence-electron chi connectivity index (χ0n) is 19.3. The zero-order valence-corrected chi connectivity index (χ0v) is 19.3. The highest BCUT2D eigenvalue weighted by atomic mass is 16.5. The van der Waals surface area contributed by atoms with Crippen molar-refractivity contribution < 1.29 is 9.53 Å². The van der Waals surface area contributed by atoms with Gasteiger partial charge in [-0.1, -0.05) is 49.2 Å². The number of carbonyl (C=O) groups is 1. The van der Waals surface area contributed by atoms with Gasteiger partial charge in [-0.25, -0.2) is 9.20 Å². The van der Waals surface area contributed by atoms with Crippen molar-refractivity contribution in [1.82, 2.24) is 19.4 Å². The van der Waals surface area contributed by atoms with Crippen molar-refractivity contribution >= 4 is 11.5 Å². The van der Waals surface area contributed by atoms with E-state index < -0.39 is 0 Å². The number of fused-ring (bicyclic) bond motifs is 1. The lowest BCUT2D eigenvalue weighted by molar-refractivity contribution is -0.145. The summed E-state index contributed by atoms with van der Waals surface area (Å²) >= 11 is 0. The van der Waals surface area contributed by atoms with Crippen LogP contribution in [0.15, 0.2) is 71.7 Å². The van der Waals surface area contributed by atoms with Crippen LogP contribution in [0.25, 0.3) is 28.0 Å². The Morgan fingerprint density at radius 2 is 1.79 bits per heavy atom. The highest BCUT2D eigenvalue weighted by molar-refractivity contribution is 5.90. The third kappa shape index (κ3) is 4.25. The van der Waals surface area contributed by atoms with Gasteiger partial charge >= 0.3 is 5.97 Å². The molecule has 0 radical (unpaired) electrons. The largest absolute Gasteiger partial charge is 0.466 e. The van der Waals surface area contributed by atoms with Gasteiger partial charge in [-0.05, 0) is 43.9 Å². The molecule has 174 valence electrons. The minimum Gasteiger partial charge on any atom is -0.466 e. The van der Waals surface area contributed by atoms with Crippen molar-refractivity contribution in [3.05, 3.63) is 77.2 Å². The van der Waals surface area contributed by atoms with Crippen molar-refractivity contribution in [3.63, 3.8) is 0 Å². The molecule has 0 N–H and O–H groups in total. The summed E-state index contributed by atoms with van der Waals surface area (Å²) in [5.74, 6) is -0.177. The Morgan fingerprint density at radius 3 is 2.62 bits per heavy atom. The van der Waals surface area contributed by atoms with Crippen LogP contribution in [0, 0.1) is 5.92 Å². The molecule has 0 bridgehead atoms. The van der Waals surface area contributed by atoms with E-state index in [-0.39, 0.29) is 23.5 Å². The number of benzene rings is 1. The maximum Gasteiger partial charge on any atom is 0.306 e. The van der Waals surface area contributed by atoms with Crippen molar-refractivity contribution in [2.45, 2.75) is 45.1 Å². The molecule has 34 heavy (non-hydrogen) atoms.